The van der Waals surface area contributed by atoms with E-state index < -0.39 is 17.5 Å². The van der Waals surface area contributed by atoms with Gasteiger partial charge in [0, 0.05) is 6.07 Å². The van der Waals surface area contributed by atoms with Crippen LogP contribution in [0.5, 0.6) is 0 Å². The minimum absolute atomic E-state index is 0.0234. The fourth-order valence-electron chi connectivity index (χ4n) is 1.60. The third-order valence-corrected chi connectivity index (χ3v) is 2.48. The molecule has 21 heavy (non-hydrogen) atoms. The van der Waals surface area contributed by atoms with Crippen LogP contribution < -0.4 is 11.1 Å². The van der Waals surface area contributed by atoms with Gasteiger partial charge in [0.1, 0.15) is 11.6 Å². The van der Waals surface area contributed by atoms with Crippen molar-refractivity contribution in [3.8, 4) is 0 Å². The summed E-state index contributed by atoms with van der Waals surface area (Å²) in [6, 6.07) is 5.52. The van der Waals surface area contributed by atoms with Crippen LogP contribution in [-0.4, -0.2) is 10.9 Å². The highest BCUT2D eigenvalue weighted by atomic mass is 19.1. The number of carbonyl (C=O) groups excluding carboxylic acids is 1. The Morgan fingerprint density at radius 2 is 1.86 bits per heavy atom. The number of halogens is 2. The third-order valence-electron chi connectivity index (χ3n) is 2.48. The summed E-state index contributed by atoms with van der Waals surface area (Å²) in [7, 11) is 0. The zero-order valence-electron chi connectivity index (χ0n) is 12.1. The van der Waals surface area contributed by atoms with E-state index in [0.29, 0.717) is 0 Å². The lowest BCUT2D eigenvalue weighted by Crippen LogP contribution is -2.15. The number of aromatic nitrogens is 1. The molecule has 1 aromatic heterocycles. The van der Waals surface area contributed by atoms with Crippen LogP contribution >= 0.6 is 0 Å². The molecule has 0 saturated carbocycles. The number of pyridine rings is 1. The molecule has 0 bridgehead atoms. The number of amides is 1. The van der Waals surface area contributed by atoms with Gasteiger partial charge in [-0.05, 0) is 24.6 Å². The number of anilines is 2. The number of hydrogen-bond donors (Lipinski definition) is 2. The second kappa shape index (κ2) is 7.33. The van der Waals surface area contributed by atoms with Crippen molar-refractivity contribution < 1.29 is 13.6 Å². The van der Waals surface area contributed by atoms with E-state index in [1.165, 1.54) is 12.1 Å². The highest BCUT2D eigenvalue weighted by Gasteiger charge is 2.13. The Morgan fingerprint density at radius 3 is 2.43 bits per heavy atom. The van der Waals surface area contributed by atoms with E-state index >= 15 is 0 Å². The Balaban J connectivity index is 0.00000106. The Morgan fingerprint density at radius 1 is 1.19 bits per heavy atom. The summed E-state index contributed by atoms with van der Waals surface area (Å²) in [5, 5.41) is 2.61. The molecular weight excluding hydrogens is 276 g/mol. The van der Waals surface area contributed by atoms with E-state index in [0.717, 1.165) is 17.8 Å². The van der Waals surface area contributed by atoms with E-state index in [2.05, 4.69) is 10.3 Å². The Bertz CT molecular complexity index is 645. The van der Waals surface area contributed by atoms with Gasteiger partial charge in [-0.3, -0.25) is 4.79 Å². The molecule has 0 aliphatic rings. The predicted molar refractivity (Wildman–Crippen MR) is 78.5 cm³/mol. The second-order valence-electron chi connectivity index (χ2n) is 4.02. The summed E-state index contributed by atoms with van der Waals surface area (Å²) in [5.41, 5.74) is 5.85. The molecule has 2 aromatic rings. The largest absolute Gasteiger partial charge is 0.364 e. The zero-order chi connectivity index (χ0) is 16.0. The summed E-state index contributed by atoms with van der Waals surface area (Å²) >= 11 is 0. The lowest BCUT2D eigenvalue weighted by Gasteiger charge is -2.10. The summed E-state index contributed by atoms with van der Waals surface area (Å²) < 4.78 is 26.8. The van der Waals surface area contributed by atoms with E-state index in [1.54, 1.807) is 13.0 Å². The number of carbonyl (C=O) groups is 1. The molecule has 0 atom stereocenters. The van der Waals surface area contributed by atoms with Crippen molar-refractivity contribution in [1.82, 2.24) is 4.98 Å². The average molecular weight is 293 g/mol. The molecule has 3 N–H and O–H groups in total. The van der Waals surface area contributed by atoms with Crippen molar-refractivity contribution in [3.05, 3.63) is 53.4 Å². The van der Waals surface area contributed by atoms with Gasteiger partial charge >= 0.3 is 0 Å². The second-order valence-corrected chi connectivity index (χ2v) is 4.02. The fraction of sp³-hybridized carbons (Fsp3) is 0.200. The van der Waals surface area contributed by atoms with E-state index in [9.17, 15) is 13.6 Å². The number of nitrogens with one attached hydrogen (secondary N) is 1. The summed E-state index contributed by atoms with van der Waals surface area (Å²) in [5.74, 6) is -1.99. The van der Waals surface area contributed by atoms with Crippen molar-refractivity contribution >= 4 is 17.3 Å². The van der Waals surface area contributed by atoms with Crippen LogP contribution in [0.1, 0.15) is 29.9 Å². The first kappa shape index (κ1) is 16.6. The number of hydrogen-bond acceptors (Lipinski definition) is 3. The maximum atomic E-state index is 13.7. The highest BCUT2D eigenvalue weighted by molar-refractivity contribution is 5.97. The lowest BCUT2D eigenvalue weighted by molar-refractivity contribution is 0.0996. The first-order valence-corrected chi connectivity index (χ1v) is 6.46. The van der Waals surface area contributed by atoms with Crippen molar-refractivity contribution in [2.45, 2.75) is 20.8 Å². The summed E-state index contributed by atoms with van der Waals surface area (Å²) in [4.78, 5) is 14.8. The minimum Gasteiger partial charge on any atom is -0.364 e. The van der Waals surface area contributed by atoms with E-state index in [4.69, 9.17) is 5.73 Å². The molecule has 2 rings (SSSR count). The number of nitrogens with two attached hydrogens (primary N) is 1. The van der Waals surface area contributed by atoms with Crippen molar-refractivity contribution in [1.29, 1.82) is 0 Å². The maximum Gasteiger partial charge on any atom is 0.269 e. The molecule has 0 radical (unpaired) electrons. The van der Waals surface area contributed by atoms with Crippen LogP contribution in [0, 0.1) is 18.6 Å². The molecule has 0 aliphatic heterocycles. The molecule has 6 heteroatoms. The fourth-order valence-corrected chi connectivity index (χ4v) is 1.60. The van der Waals surface area contributed by atoms with Gasteiger partial charge in [0.15, 0.2) is 5.69 Å². The van der Waals surface area contributed by atoms with Gasteiger partial charge in [-0.15, -0.1) is 0 Å². The molecule has 0 fully saturated rings. The molecule has 1 heterocycles. The van der Waals surface area contributed by atoms with Gasteiger partial charge in [0.2, 0.25) is 0 Å². The molecule has 0 spiro atoms. The number of benzene rings is 1. The van der Waals surface area contributed by atoms with Crippen molar-refractivity contribution in [2.24, 2.45) is 5.73 Å². The van der Waals surface area contributed by atoms with Crippen LogP contribution in [0.25, 0.3) is 0 Å². The number of primary amides is 1. The molecule has 0 unspecified atom stereocenters. The molecule has 0 aliphatic carbocycles. The van der Waals surface area contributed by atoms with Gasteiger partial charge < -0.3 is 11.1 Å². The topological polar surface area (TPSA) is 68.0 Å². The van der Waals surface area contributed by atoms with Gasteiger partial charge in [-0.2, -0.15) is 0 Å². The zero-order valence-corrected chi connectivity index (χ0v) is 12.1. The minimum atomic E-state index is -0.824. The van der Waals surface area contributed by atoms with Crippen molar-refractivity contribution in [3.63, 3.8) is 0 Å². The number of nitrogens with zero attached hydrogens (tertiary/aromatic N) is 1. The van der Waals surface area contributed by atoms with E-state index in [-0.39, 0.29) is 17.1 Å². The first-order valence-electron chi connectivity index (χ1n) is 6.46. The third kappa shape index (κ3) is 4.24. The number of rotatable bonds is 3. The quantitative estimate of drug-likeness (QED) is 0.909. The Hall–Kier alpha value is -2.50. The smallest absolute Gasteiger partial charge is 0.269 e. The summed E-state index contributed by atoms with van der Waals surface area (Å²) in [6.07, 6.45) is 0.872. The standard InChI is InChI=1S/C13H11F2N3O.C2H6/c1-7-2-3-10(9(15)4-7)18-11-5-8(14)6-17-12(11)13(16)19;1-2/h2-6,18H,1H3,(H2,16,19);1-2H3. The first-order chi connectivity index (χ1) is 9.97. The molecular formula is C15H17F2N3O. The van der Waals surface area contributed by atoms with Gasteiger partial charge in [-0.25, -0.2) is 13.8 Å². The Labute approximate surface area is 122 Å². The van der Waals surface area contributed by atoms with E-state index in [1.807, 2.05) is 13.8 Å². The van der Waals surface area contributed by atoms with Gasteiger partial charge in [0.25, 0.3) is 5.91 Å². The monoisotopic (exact) mass is 293 g/mol. The molecule has 1 aromatic carbocycles. The van der Waals surface area contributed by atoms with Crippen LogP contribution in [0.2, 0.25) is 0 Å². The molecule has 0 saturated heterocycles. The van der Waals surface area contributed by atoms with Gasteiger partial charge in [0.05, 0.1) is 17.6 Å². The molecule has 1 amide bonds. The normalized spacial score (nSPS) is 9.57. The van der Waals surface area contributed by atoms with Gasteiger partial charge in [-0.1, -0.05) is 19.9 Å². The SMILES string of the molecule is CC.Cc1ccc(Nc2cc(F)cnc2C(N)=O)c(F)c1. The molecule has 4 nitrogen and oxygen atoms in total. The average Bonchev–Trinajstić information content (AvgIpc) is 2.44. The van der Waals surface area contributed by atoms with Crippen LogP contribution in [0.4, 0.5) is 20.2 Å². The molecule has 112 valence electrons. The lowest BCUT2D eigenvalue weighted by atomic mass is 10.2. The van der Waals surface area contributed by atoms with Crippen LogP contribution in [0.15, 0.2) is 30.5 Å². The predicted octanol–water partition coefficient (Wildman–Crippen LogP) is 3.54. The van der Waals surface area contributed by atoms with Crippen LogP contribution in [0.3, 0.4) is 0 Å². The number of aryl methyl sites for hydroxylation is 1. The van der Waals surface area contributed by atoms with Crippen LogP contribution in [-0.2, 0) is 0 Å². The maximum absolute atomic E-state index is 13.7. The summed E-state index contributed by atoms with van der Waals surface area (Å²) in [6.45, 7) is 5.74. The Kier molecular flexibility index (Phi) is 5.78. The van der Waals surface area contributed by atoms with Crippen molar-refractivity contribution in [2.75, 3.05) is 5.32 Å². The highest BCUT2D eigenvalue weighted by Crippen LogP contribution is 2.23.